The molecule has 1 fully saturated rings. The average molecular weight is 264 g/mol. The lowest BCUT2D eigenvalue weighted by Crippen LogP contribution is -2.21. The van der Waals surface area contributed by atoms with Crippen molar-refractivity contribution in [3.63, 3.8) is 0 Å². The van der Waals surface area contributed by atoms with E-state index in [1.165, 1.54) is 22.3 Å². The van der Waals surface area contributed by atoms with Gasteiger partial charge in [-0.2, -0.15) is 0 Å². The van der Waals surface area contributed by atoms with Gasteiger partial charge < -0.3 is 4.74 Å². The number of benzene rings is 2. The SMILES string of the molecule is CC(C)(C)C1c2ccccc2C2OC2c2ccccc21. The van der Waals surface area contributed by atoms with Crippen molar-refractivity contribution in [3.05, 3.63) is 70.8 Å². The van der Waals surface area contributed by atoms with Crippen LogP contribution in [0.5, 0.6) is 0 Å². The number of rotatable bonds is 0. The first-order chi connectivity index (χ1) is 9.57. The Kier molecular flexibility index (Phi) is 2.41. The van der Waals surface area contributed by atoms with E-state index in [-0.39, 0.29) is 17.6 Å². The van der Waals surface area contributed by atoms with Gasteiger partial charge in [-0.3, -0.25) is 0 Å². The molecule has 0 saturated carbocycles. The van der Waals surface area contributed by atoms with Crippen LogP contribution in [-0.4, -0.2) is 0 Å². The van der Waals surface area contributed by atoms with E-state index in [4.69, 9.17) is 4.74 Å². The fraction of sp³-hybridized carbons (Fsp3) is 0.368. The molecule has 2 aromatic carbocycles. The quantitative estimate of drug-likeness (QED) is 0.611. The first-order valence-corrected chi connectivity index (χ1v) is 7.40. The molecule has 2 atom stereocenters. The Hall–Kier alpha value is -1.60. The van der Waals surface area contributed by atoms with Crippen molar-refractivity contribution in [1.29, 1.82) is 0 Å². The maximum atomic E-state index is 5.97. The second kappa shape index (κ2) is 3.95. The van der Waals surface area contributed by atoms with Crippen molar-refractivity contribution in [3.8, 4) is 0 Å². The predicted octanol–water partition coefficient (Wildman–Crippen LogP) is 4.99. The summed E-state index contributed by atoms with van der Waals surface area (Å²) < 4.78 is 5.97. The number of fused-ring (bicyclic) bond motifs is 5. The van der Waals surface area contributed by atoms with Crippen molar-refractivity contribution in [2.24, 2.45) is 5.41 Å². The highest BCUT2D eigenvalue weighted by molar-refractivity contribution is 5.50. The molecule has 0 spiro atoms. The van der Waals surface area contributed by atoms with E-state index < -0.39 is 0 Å². The van der Waals surface area contributed by atoms with E-state index in [0.717, 1.165) is 0 Å². The number of epoxide rings is 1. The maximum absolute atomic E-state index is 5.97. The van der Waals surface area contributed by atoms with Crippen molar-refractivity contribution < 1.29 is 4.74 Å². The topological polar surface area (TPSA) is 12.5 Å². The Morgan fingerprint density at radius 2 is 1.10 bits per heavy atom. The first-order valence-electron chi connectivity index (χ1n) is 7.40. The minimum absolute atomic E-state index is 0.197. The fourth-order valence-electron chi connectivity index (χ4n) is 3.75. The Labute approximate surface area is 120 Å². The molecule has 1 aliphatic carbocycles. The van der Waals surface area contributed by atoms with Crippen molar-refractivity contribution >= 4 is 0 Å². The zero-order chi connectivity index (χ0) is 13.9. The number of hydrogen-bond donors (Lipinski definition) is 0. The third-order valence-electron chi connectivity index (χ3n) is 4.58. The highest BCUT2D eigenvalue weighted by atomic mass is 16.6. The van der Waals surface area contributed by atoms with E-state index >= 15 is 0 Å². The van der Waals surface area contributed by atoms with Gasteiger partial charge in [0, 0.05) is 5.92 Å². The second-order valence-corrected chi connectivity index (χ2v) is 7.03. The summed E-state index contributed by atoms with van der Waals surface area (Å²) in [4.78, 5) is 0. The molecule has 1 heterocycles. The normalized spacial score (nSPS) is 27.1. The minimum Gasteiger partial charge on any atom is -0.359 e. The highest BCUT2D eigenvalue weighted by Crippen LogP contribution is 2.59. The first kappa shape index (κ1) is 12.2. The van der Waals surface area contributed by atoms with Crippen LogP contribution >= 0.6 is 0 Å². The van der Waals surface area contributed by atoms with Crippen LogP contribution in [0.3, 0.4) is 0 Å². The number of hydrogen-bond acceptors (Lipinski definition) is 1. The molecule has 2 aliphatic rings. The summed E-state index contributed by atoms with van der Waals surface area (Å²) in [6, 6.07) is 17.6. The van der Waals surface area contributed by atoms with Crippen LogP contribution in [0.4, 0.5) is 0 Å². The van der Waals surface area contributed by atoms with Gasteiger partial charge in [-0.1, -0.05) is 69.3 Å². The minimum atomic E-state index is 0.197. The summed E-state index contributed by atoms with van der Waals surface area (Å²) in [5.41, 5.74) is 5.85. The zero-order valence-corrected chi connectivity index (χ0v) is 12.3. The predicted molar refractivity (Wildman–Crippen MR) is 80.7 cm³/mol. The summed E-state index contributed by atoms with van der Waals surface area (Å²) in [6.07, 6.45) is 0.527. The van der Waals surface area contributed by atoms with Gasteiger partial charge in [-0.25, -0.2) is 0 Å². The van der Waals surface area contributed by atoms with E-state index in [1.54, 1.807) is 0 Å². The van der Waals surface area contributed by atoms with Gasteiger partial charge in [-0.05, 0) is 27.7 Å². The molecule has 0 aromatic heterocycles. The molecule has 1 heteroatoms. The molecule has 0 radical (unpaired) electrons. The van der Waals surface area contributed by atoms with Gasteiger partial charge >= 0.3 is 0 Å². The van der Waals surface area contributed by atoms with Gasteiger partial charge in [0.1, 0.15) is 12.2 Å². The second-order valence-electron chi connectivity index (χ2n) is 7.03. The monoisotopic (exact) mass is 264 g/mol. The number of ether oxygens (including phenoxy) is 1. The molecule has 0 amide bonds. The Morgan fingerprint density at radius 1 is 0.700 bits per heavy atom. The molecule has 2 aromatic rings. The van der Waals surface area contributed by atoms with E-state index in [9.17, 15) is 0 Å². The fourth-order valence-corrected chi connectivity index (χ4v) is 3.75. The third kappa shape index (κ3) is 1.66. The summed E-state index contributed by atoms with van der Waals surface area (Å²) in [6.45, 7) is 7.01. The molecule has 1 aliphatic heterocycles. The summed E-state index contributed by atoms with van der Waals surface area (Å²) in [5.74, 6) is 0.436. The molecular formula is C19H20O. The Morgan fingerprint density at radius 3 is 1.50 bits per heavy atom. The van der Waals surface area contributed by atoms with Crippen LogP contribution in [0.1, 0.15) is 61.2 Å². The molecule has 20 heavy (non-hydrogen) atoms. The van der Waals surface area contributed by atoms with Gasteiger partial charge in [0.15, 0.2) is 0 Å². The molecule has 0 N–H and O–H groups in total. The summed E-state index contributed by atoms with van der Waals surface area (Å²) in [5, 5.41) is 0. The van der Waals surface area contributed by atoms with Gasteiger partial charge in [0.05, 0.1) is 0 Å². The Balaban J connectivity index is 2.02. The van der Waals surface area contributed by atoms with Crippen LogP contribution in [0.2, 0.25) is 0 Å². The average Bonchev–Trinajstić information content (AvgIpc) is 3.18. The van der Waals surface area contributed by atoms with Crippen LogP contribution in [0.15, 0.2) is 48.5 Å². The standard InChI is InChI=1S/C19H20O/c1-19(2,3)16-12-8-4-6-10-14(12)17-18(20-17)15-11-7-5-9-13(15)16/h4-11,16-18H,1-3H3. The molecule has 102 valence electrons. The molecule has 0 bridgehead atoms. The smallest absolute Gasteiger partial charge is 0.114 e. The lowest BCUT2D eigenvalue weighted by Gasteiger charge is -2.33. The van der Waals surface area contributed by atoms with Crippen LogP contribution in [0, 0.1) is 5.41 Å². The molecular weight excluding hydrogens is 244 g/mol. The highest BCUT2D eigenvalue weighted by Gasteiger charge is 2.48. The van der Waals surface area contributed by atoms with Crippen LogP contribution in [0.25, 0.3) is 0 Å². The zero-order valence-electron chi connectivity index (χ0n) is 12.3. The van der Waals surface area contributed by atoms with Gasteiger partial charge in [-0.15, -0.1) is 0 Å². The van der Waals surface area contributed by atoms with E-state index in [1.807, 2.05) is 0 Å². The van der Waals surface area contributed by atoms with Gasteiger partial charge in [0.2, 0.25) is 0 Å². The Bertz CT molecular complexity index is 614. The largest absolute Gasteiger partial charge is 0.359 e. The van der Waals surface area contributed by atoms with Crippen molar-refractivity contribution in [2.45, 2.75) is 38.9 Å². The van der Waals surface area contributed by atoms with Gasteiger partial charge in [0.25, 0.3) is 0 Å². The van der Waals surface area contributed by atoms with Crippen molar-refractivity contribution in [1.82, 2.24) is 0 Å². The summed E-state index contributed by atoms with van der Waals surface area (Å²) >= 11 is 0. The van der Waals surface area contributed by atoms with E-state index in [2.05, 4.69) is 69.3 Å². The third-order valence-corrected chi connectivity index (χ3v) is 4.58. The van der Waals surface area contributed by atoms with Crippen LogP contribution in [-0.2, 0) is 4.74 Å². The molecule has 2 unspecified atom stereocenters. The molecule has 1 nitrogen and oxygen atoms in total. The lowest BCUT2D eigenvalue weighted by atomic mass is 9.71. The van der Waals surface area contributed by atoms with E-state index in [0.29, 0.717) is 5.92 Å². The molecule has 4 rings (SSSR count). The van der Waals surface area contributed by atoms with Crippen LogP contribution < -0.4 is 0 Å². The maximum Gasteiger partial charge on any atom is 0.114 e. The summed E-state index contributed by atoms with van der Waals surface area (Å²) in [7, 11) is 0. The lowest BCUT2D eigenvalue weighted by molar-refractivity contribution is 0.337. The molecule has 1 saturated heterocycles. The van der Waals surface area contributed by atoms with Crippen molar-refractivity contribution in [2.75, 3.05) is 0 Å².